The molecule has 1 aliphatic heterocycles. The molecule has 20 heavy (non-hydrogen) atoms. The molecule has 1 fully saturated rings. The third kappa shape index (κ3) is 4.37. The van der Waals surface area contributed by atoms with Gasteiger partial charge in [0.2, 0.25) is 5.91 Å². The van der Waals surface area contributed by atoms with Crippen molar-refractivity contribution in [2.24, 2.45) is 5.92 Å². The minimum atomic E-state index is -0.0429. The number of para-hydroxylation sites is 1. The lowest BCUT2D eigenvalue weighted by Crippen LogP contribution is -2.35. The van der Waals surface area contributed by atoms with Crippen LogP contribution in [0.15, 0.2) is 18.2 Å². The number of nitrogens with zero attached hydrogens (tertiary/aromatic N) is 1. The quantitative estimate of drug-likeness (QED) is 0.909. The third-order valence-corrected chi connectivity index (χ3v) is 4.39. The molecule has 1 aromatic carbocycles. The molecule has 0 aliphatic carbocycles. The summed E-state index contributed by atoms with van der Waals surface area (Å²) in [6.45, 7) is 5.24. The van der Waals surface area contributed by atoms with Crippen LogP contribution in [-0.2, 0) is 4.79 Å². The number of halogens is 2. The highest BCUT2D eigenvalue weighted by atomic mass is 35.5. The Morgan fingerprint density at radius 1 is 1.30 bits per heavy atom. The largest absolute Gasteiger partial charge is 0.324 e. The highest BCUT2D eigenvalue weighted by Crippen LogP contribution is 2.29. The molecule has 0 spiro atoms. The van der Waals surface area contributed by atoms with Crippen LogP contribution in [0.3, 0.4) is 0 Å². The zero-order valence-corrected chi connectivity index (χ0v) is 13.2. The maximum atomic E-state index is 12.0. The second-order valence-electron chi connectivity index (χ2n) is 5.42. The first-order valence-electron chi connectivity index (χ1n) is 7.02. The van der Waals surface area contributed by atoms with Gasteiger partial charge in [-0.1, -0.05) is 36.2 Å². The van der Waals surface area contributed by atoms with Crippen molar-refractivity contribution in [1.82, 2.24) is 4.90 Å². The molecule has 0 saturated carbocycles. The Kier molecular flexibility index (Phi) is 5.70. The van der Waals surface area contributed by atoms with Crippen LogP contribution < -0.4 is 5.32 Å². The summed E-state index contributed by atoms with van der Waals surface area (Å²) in [4.78, 5) is 14.3. The molecule has 1 heterocycles. The summed E-state index contributed by atoms with van der Waals surface area (Å²) in [5.74, 6) is 0.764. The number of hydrogen-bond acceptors (Lipinski definition) is 2. The van der Waals surface area contributed by atoms with Crippen molar-refractivity contribution >= 4 is 34.8 Å². The van der Waals surface area contributed by atoms with Gasteiger partial charge in [0.15, 0.2) is 0 Å². The highest BCUT2D eigenvalue weighted by molar-refractivity contribution is 6.39. The fraction of sp³-hybridized carbons (Fsp3) is 0.533. The van der Waals surface area contributed by atoms with E-state index in [9.17, 15) is 4.79 Å². The molecule has 2 rings (SSSR count). The Hall–Kier alpha value is -0.770. The monoisotopic (exact) mass is 314 g/mol. The molecule has 1 aliphatic rings. The number of benzene rings is 1. The average Bonchev–Trinajstić information content (AvgIpc) is 2.42. The van der Waals surface area contributed by atoms with Crippen LogP contribution in [0, 0.1) is 5.92 Å². The van der Waals surface area contributed by atoms with E-state index in [2.05, 4.69) is 17.1 Å². The molecule has 1 aromatic rings. The van der Waals surface area contributed by atoms with Gasteiger partial charge in [-0.3, -0.25) is 4.79 Å². The van der Waals surface area contributed by atoms with Gasteiger partial charge in [-0.2, -0.15) is 0 Å². The summed E-state index contributed by atoms with van der Waals surface area (Å²) in [7, 11) is 0. The van der Waals surface area contributed by atoms with Crippen LogP contribution in [-0.4, -0.2) is 30.4 Å². The number of carbonyl (C=O) groups is 1. The molecule has 0 aromatic heterocycles. The second-order valence-corrected chi connectivity index (χ2v) is 6.23. The standard InChI is InChI=1S/C15H20Cl2N2O/c1-11-5-8-19(9-6-11)10-7-14(20)18-15-12(16)3-2-4-13(15)17/h2-4,11H,5-10H2,1H3,(H,18,20). The number of likely N-dealkylation sites (tertiary alicyclic amines) is 1. The van der Waals surface area contributed by atoms with Crippen LogP contribution >= 0.6 is 23.2 Å². The Labute approximate surface area is 130 Å². The van der Waals surface area contributed by atoms with Crippen molar-refractivity contribution in [1.29, 1.82) is 0 Å². The Balaban J connectivity index is 1.81. The average molecular weight is 315 g/mol. The topological polar surface area (TPSA) is 32.3 Å². The summed E-state index contributed by atoms with van der Waals surface area (Å²) in [6, 6.07) is 5.19. The van der Waals surface area contributed by atoms with E-state index in [1.54, 1.807) is 18.2 Å². The van der Waals surface area contributed by atoms with Gasteiger partial charge in [0.05, 0.1) is 15.7 Å². The van der Waals surface area contributed by atoms with Crippen molar-refractivity contribution in [3.63, 3.8) is 0 Å². The number of piperidine rings is 1. The van der Waals surface area contributed by atoms with Gasteiger partial charge in [0.25, 0.3) is 0 Å². The molecular formula is C15H20Cl2N2O. The molecule has 5 heteroatoms. The Morgan fingerprint density at radius 2 is 1.90 bits per heavy atom. The summed E-state index contributed by atoms with van der Waals surface area (Å²) < 4.78 is 0. The van der Waals surface area contributed by atoms with Gasteiger partial charge in [-0.05, 0) is 44.0 Å². The van der Waals surface area contributed by atoms with Gasteiger partial charge in [0, 0.05) is 13.0 Å². The molecule has 0 unspecified atom stereocenters. The van der Waals surface area contributed by atoms with E-state index in [0.717, 1.165) is 25.6 Å². The third-order valence-electron chi connectivity index (χ3n) is 3.76. The van der Waals surface area contributed by atoms with Crippen molar-refractivity contribution in [3.05, 3.63) is 28.2 Å². The molecule has 0 bridgehead atoms. The van der Waals surface area contributed by atoms with Crippen LogP contribution in [0.5, 0.6) is 0 Å². The fourth-order valence-electron chi connectivity index (χ4n) is 2.36. The van der Waals surface area contributed by atoms with E-state index in [-0.39, 0.29) is 5.91 Å². The first-order valence-corrected chi connectivity index (χ1v) is 7.78. The predicted molar refractivity (Wildman–Crippen MR) is 84.5 cm³/mol. The fourth-order valence-corrected chi connectivity index (χ4v) is 2.86. The van der Waals surface area contributed by atoms with E-state index < -0.39 is 0 Å². The lowest BCUT2D eigenvalue weighted by Gasteiger charge is -2.29. The molecule has 1 saturated heterocycles. The minimum Gasteiger partial charge on any atom is -0.324 e. The van der Waals surface area contributed by atoms with E-state index >= 15 is 0 Å². The minimum absolute atomic E-state index is 0.0429. The number of carbonyl (C=O) groups excluding carboxylic acids is 1. The van der Waals surface area contributed by atoms with Crippen LogP contribution in [0.25, 0.3) is 0 Å². The highest BCUT2D eigenvalue weighted by Gasteiger charge is 2.16. The van der Waals surface area contributed by atoms with Crippen molar-refractivity contribution < 1.29 is 4.79 Å². The molecular weight excluding hydrogens is 295 g/mol. The Bertz CT molecular complexity index is 451. The number of hydrogen-bond donors (Lipinski definition) is 1. The van der Waals surface area contributed by atoms with Gasteiger partial charge >= 0.3 is 0 Å². The van der Waals surface area contributed by atoms with Gasteiger partial charge in [-0.25, -0.2) is 0 Å². The summed E-state index contributed by atoms with van der Waals surface area (Å²) >= 11 is 12.1. The SMILES string of the molecule is CC1CCN(CCC(=O)Nc2c(Cl)cccc2Cl)CC1. The molecule has 3 nitrogen and oxygen atoms in total. The van der Waals surface area contributed by atoms with Gasteiger partial charge in [-0.15, -0.1) is 0 Å². The normalized spacial score (nSPS) is 17.1. The van der Waals surface area contributed by atoms with E-state index in [4.69, 9.17) is 23.2 Å². The predicted octanol–water partition coefficient (Wildman–Crippen LogP) is 4.05. The number of nitrogens with one attached hydrogen (secondary N) is 1. The number of amides is 1. The van der Waals surface area contributed by atoms with E-state index in [1.807, 2.05) is 0 Å². The van der Waals surface area contributed by atoms with Crippen LogP contribution in [0.2, 0.25) is 10.0 Å². The van der Waals surface area contributed by atoms with Crippen LogP contribution in [0.4, 0.5) is 5.69 Å². The van der Waals surface area contributed by atoms with Crippen molar-refractivity contribution in [2.75, 3.05) is 25.0 Å². The van der Waals surface area contributed by atoms with E-state index in [1.165, 1.54) is 12.8 Å². The first kappa shape index (κ1) is 15.6. The first-order chi connectivity index (χ1) is 9.56. The zero-order chi connectivity index (χ0) is 14.5. The Morgan fingerprint density at radius 3 is 2.50 bits per heavy atom. The maximum absolute atomic E-state index is 12.0. The summed E-state index contributed by atoms with van der Waals surface area (Å²) in [5.41, 5.74) is 0.507. The van der Waals surface area contributed by atoms with E-state index in [0.29, 0.717) is 22.2 Å². The smallest absolute Gasteiger partial charge is 0.225 e. The molecule has 1 amide bonds. The summed E-state index contributed by atoms with van der Waals surface area (Å²) in [5, 5.41) is 3.74. The lowest BCUT2D eigenvalue weighted by atomic mass is 9.99. The number of anilines is 1. The van der Waals surface area contributed by atoms with Crippen LogP contribution in [0.1, 0.15) is 26.2 Å². The van der Waals surface area contributed by atoms with Gasteiger partial charge < -0.3 is 10.2 Å². The summed E-state index contributed by atoms with van der Waals surface area (Å²) in [6.07, 6.45) is 2.91. The lowest BCUT2D eigenvalue weighted by molar-refractivity contribution is -0.116. The van der Waals surface area contributed by atoms with Crippen molar-refractivity contribution in [3.8, 4) is 0 Å². The zero-order valence-electron chi connectivity index (χ0n) is 11.7. The van der Waals surface area contributed by atoms with Gasteiger partial charge in [0.1, 0.15) is 0 Å². The number of rotatable bonds is 4. The molecule has 0 atom stereocenters. The molecule has 0 radical (unpaired) electrons. The second kappa shape index (κ2) is 7.30. The van der Waals surface area contributed by atoms with Crippen molar-refractivity contribution in [2.45, 2.75) is 26.2 Å². The molecule has 1 N–H and O–H groups in total. The maximum Gasteiger partial charge on any atom is 0.225 e. The molecule has 110 valence electrons.